The molecule has 2 rings (SSSR count). The zero-order valence-electron chi connectivity index (χ0n) is 7.61. The van der Waals surface area contributed by atoms with Gasteiger partial charge in [0.1, 0.15) is 0 Å². The number of nitrogens with zero attached hydrogens (tertiary/aromatic N) is 1. The maximum absolute atomic E-state index is 9.88. The molecule has 2 aromatic rings. The van der Waals surface area contributed by atoms with Crippen molar-refractivity contribution in [3.05, 3.63) is 30.0 Å². The quantitative estimate of drug-likeness (QED) is 0.755. The van der Waals surface area contributed by atoms with Crippen LogP contribution in [-0.2, 0) is 5.60 Å². The zero-order valence-corrected chi connectivity index (χ0v) is 8.43. The number of aromatic nitrogens is 1. The standard InChI is InChI=1S/C10H11NOS/c1-10(2,12)8-5-3-4-7-6-11-13-9(7)8/h3-6,12H,1-2H3. The lowest BCUT2D eigenvalue weighted by atomic mass is 9.97. The van der Waals surface area contributed by atoms with Crippen molar-refractivity contribution in [2.75, 3.05) is 0 Å². The first kappa shape index (κ1) is 8.66. The number of hydrogen-bond acceptors (Lipinski definition) is 3. The van der Waals surface area contributed by atoms with Gasteiger partial charge < -0.3 is 5.11 Å². The second-order valence-corrected chi connectivity index (χ2v) is 4.41. The largest absolute Gasteiger partial charge is 0.386 e. The van der Waals surface area contributed by atoms with Gasteiger partial charge in [0.05, 0.1) is 10.3 Å². The summed E-state index contributed by atoms with van der Waals surface area (Å²) in [6.07, 6.45) is 1.83. The van der Waals surface area contributed by atoms with Crippen LogP contribution in [0, 0.1) is 0 Å². The smallest absolute Gasteiger partial charge is 0.0854 e. The van der Waals surface area contributed by atoms with Gasteiger partial charge in [-0.15, -0.1) is 0 Å². The Labute approximate surface area is 81.0 Å². The van der Waals surface area contributed by atoms with E-state index in [4.69, 9.17) is 0 Å². The van der Waals surface area contributed by atoms with E-state index < -0.39 is 5.60 Å². The highest BCUT2D eigenvalue weighted by atomic mass is 32.1. The molecule has 0 atom stereocenters. The zero-order chi connectivity index (χ0) is 9.47. The summed E-state index contributed by atoms with van der Waals surface area (Å²) in [6.45, 7) is 3.59. The predicted molar refractivity (Wildman–Crippen MR) is 54.9 cm³/mol. The molecule has 1 aromatic carbocycles. The highest BCUT2D eigenvalue weighted by Crippen LogP contribution is 2.30. The topological polar surface area (TPSA) is 33.1 Å². The molecule has 3 heteroatoms. The molecule has 0 amide bonds. The lowest BCUT2D eigenvalue weighted by molar-refractivity contribution is 0.0804. The van der Waals surface area contributed by atoms with Gasteiger partial charge in [-0.2, -0.15) is 4.37 Å². The molecule has 0 spiro atoms. The Morgan fingerprint density at radius 3 is 2.85 bits per heavy atom. The average molecular weight is 193 g/mol. The van der Waals surface area contributed by atoms with Gasteiger partial charge in [-0.05, 0) is 25.4 Å². The van der Waals surface area contributed by atoms with Gasteiger partial charge >= 0.3 is 0 Å². The van der Waals surface area contributed by atoms with E-state index in [-0.39, 0.29) is 0 Å². The van der Waals surface area contributed by atoms with Crippen molar-refractivity contribution in [3.8, 4) is 0 Å². The van der Waals surface area contributed by atoms with Gasteiger partial charge in [-0.3, -0.25) is 0 Å². The van der Waals surface area contributed by atoms with Gasteiger partial charge in [0.15, 0.2) is 0 Å². The molecular formula is C10H11NOS. The number of benzene rings is 1. The van der Waals surface area contributed by atoms with Crippen LogP contribution in [0.4, 0.5) is 0 Å². The number of rotatable bonds is 1. The molecule has 0 aliphatic rings. The summed E-state index contributed by atoms with van der Waals surface area (Å²) >= 11 is 1.43. The molecule has 0 saturated heterocycles. The molecule has 0 aliphatic heterocycles. The SMILES string of the molecule is CC(C)(O)c1cccc2cnsc12. The van der Waals surface area contributed by atoms with Crippen LogP contribution in [0.3, 0.4) is 0 Å². The molecular weight excluding hydrogens is 182 g/mol. The molecule has 0 bridgehead atoms. The molecule has 1 aromatic heterocycles. The third-order valence-corrected chi connectivity index (χ3v) is 2.89. The van der Waals surface area contributed by atoms with E-state index in [1.807, 2.05) is 24.4 Å². The van der Waals surface area contributed by atoms with Crippen LogP contribution in [-0.4, -0.2) is 9.48 Å². The van der Waals surface area contributed by atoms with E-state index in [1.165, 1.54) is 11.5 Å². The Morgan fingerprint density at radius 2 is 2.15 bits per heavy atom. The average Bonchev–Trinajstić information content (AvgIpc) is 2.48. The molecule has 2 nitrogen and oxygen atoms in total. The summed E-state index contributed by atoms with van der Waals surface area (Å²) < 4.78 is 5.18. The highest BCUT2D eigenvalue weighted by Gasteiger charge is 2.19. The Bertz CT molecular complexity index is 428. The summed E-state index contributed by atoms with van der Waals surface area (Å²) in [4.78, 5) is 0. The van der Waals surface area contributed by atoms with Gasteiger partial charge in [0.25, 0.3) is 0 Å². The van der Waals surface area contributed by atoms with Gasteiger partial charge in [-0.1, -0.05) is 18.2 Å². The van der Waals surface area contributed by atoms with Gasteiger partial charge in [0.2, 0.25) is 0 Å². The van der Waals surface area contributed by atoms with E-state index in [9.17, 15) is 5.11 Å². The first-order valence-corrected chi connectivity index (χ1v) is 4.92. The van der Waals surface area contributed by atoms with Crippen LogP contribution in [0.25, 0.3) is 10.1 Å². The first-order chi connectivity index (χ1) is 6.09. The normalized spacial score (nSPS) is 12.2. The maximum Gasteiger partial charge on any atom is 0.0854 e. The van der Waals surface area contributed by atoms with Crippen molar-refractivity contribution in [1.29, 1.82) is 0 Å². The third-order valence-electron chi connectivity index (χ3n) is 2.04. The Hall–Kier alpha value is -0.930. The lowest BCUT2D eigenvalue weighted by Gasteiger charge is -2.17. The fourth-order valence-electron chi connectivity index (χ4n) is 1.38. The maximum atomic E-state index is 9.88. The van der Waals surface area contributed by atoms with Crippen LogP contribution in [0.5, 0.6) is 0 Å². The molecule has 1 heterocycles. The van der Waals surface area contributed by atoms with Gasteiger partial charge in [0, 0.05) is 17.1 Å². The molecule has 0 fully saturated rings. The Morgan fingerprint density at radius 1 is 1.38 bits per heavy atom. The minimum Gasteiger partial charge on any atom is -0.386 e. The fourth-order valence-corrected chi connectivity index (χ4v) is 2.29. The monoisotopic (exact) mass is 193 g/mol. The van der Waals surface area contributed by atoms with E-state index >= 15 is 0 Å². The van der Waals surface area contributed by atoms with Crippen LogP contribution in [0.2, 0.25) is 0 Å². The summed E-state index contributed by atoms with van der Waals surface area (Å²) in [6, 6.07) is 5.90. The van der Waals surface area contributed by atoms with Crippen molar-refractivity contribution >= 4 is 21.6 Å². The number of aliphatic hydroxyl groups is 1. The number of fused-ring (bicyclic) bond motifs is 1. The lowest BCUT2D eigenvalue weighted by Crippen LogP contribution is -2.15. The molecule has 68 valence electrons. The van der Waals surface area contributed by atoms with Crippen molar-refractivity contribution in [1.82, 2.24) is 4.37 Å². The number of hydrogen-bond donors (Lipinski definition) is 1. The van der Waals surface area contributed by atoms with Crippen LogP contribution in [0.1, 0.15) is 19.4 Å². The van der Waals surface area contributed by atoms with Crippen molar-refractivity contribution in [2.45, 2.75) is 19.4 Å². The second kappa shape index (κ2) is 2.79. The Balaban J connectivity index is 2.75. The van der Waals surface area contributed by atoms with Crippen molar-refractivity contribution < 1.29 is 5.11 Å². The van der Waals surface area contributed by atoms with Gasteiger partial charge in [-0.25, -0.2) is 0 Å². The molecule has 0 radical (unpaired) electrons. The fraction of sp³-hybridized carbons (Fsp3) is 0.300. The van der Waals surface area contributed by atoms with E-state index in [2.05, 4.69) is 4.37 Å². The van der Waals surface area contributed by atoms with Crippen molar-refractivity contribution in [3.63, 3.8) is 0 Å². The molecule has 1 N–H and O–H groups in total. The molecule has 0 unspecified atom stereocenters. The minimum atomic E-state index is -0.786. The first-order valence-electron chi connectivity index (χ1n) is 4.15. The summed E-state index contributed by atoms with van der Waals surface area (Å²) in [7, 11) is 0. The van der Waals surface area contributed by atoms with E-state index in [1.54, 1.807) is 13.8 Å². The molecule has 0 aliphatic carbocycles. The highest BCUT2D eigenvalue weighted by molar-refractivity contribution is 7.13. The third kappa shape index (κ3) is 1.45. The summed E-state index contributed by atoms with van der Waals surface area (Å²) in [5.74, 6) is 0. The minimum absolute atomic E-state index is 0.786. The molecule has 13 heavy (non-hydrogen) atoms. The van der Waals surface area contributed by atoms with Crippen molar-refractivity contribution in [2.24, 2.45) is 0 Å². The van der Waals surface area contributed by atoms with E-state index in [0.29, 0.717) is 0 Å². The summed E-state index contributed by atoms with van der Waals surface area (Å²) in [5, 5.41) is 11.0. The van der Waals surface area contributed by atoms with Crippen LogP contribution >= 0.6 is 11.5 Å². The van der Waals surface area contributed by atoms with Crippen LogP contribution < -0.4 is 0 Å². The Kier molecular flexibility index (Phi) is 1.86. The van der Waals surface area contributed by atoms with Crippen LogP contribution in [0.15, 0.2) is 24.4 Å². The second-order valence-electron chi connectivity index (χ2n) is 3.61. The molecule has 0 saturated carbocycles. The van der Waals surface area contributed by atoms with E-state index in [0.717, 1.165) is 15.6 Å². The summed E-state index contributed by atoms with van der Waals surface area (Å²) in [5.41, 5.74) is 0.166. The predicted octanol–water partition coefficient (Wildman–Crippen LogP) is 2.52.